The van der Waals surface area contributed by atoms with Gasteiger partial charge in [-0.1, -0.05) is 6.07 Å². The third-order valence-corrected chi connectivity index (χ3v) is 5.52. The Hall–Kier alpha value is -3.10. The maximum atomic E-state index is 13.6. The first-order valence-corrected chi connectivity index (χ1v) is 10.2. The number of aliphatic hydroxyl groups excluding tert-OH is 1. The maximum Gasteiger partial charge on any atom is 0.238 e. The molecule has 1 aliphatic heterocycles. The molecule has 1 fully saturated rings. The lowest BCUT2D eigenvalue weighted by atomic mass is 10.0. The molecule has 2 heterocycles. The number of aromatic nitrogens is 1. The fraction of sp³-hybridized carbons (Fsp3) is 0.304. The summed E-state index contributed by atoms with van der Waals surface area (Å²) in [6.07, 6.45) is 3.23. The van der Waals surface area contributed by atoms with Crippen molar-refractivity contribution in [2.24, 2.45) is 0 Å². The minimum absolute atomic E-state index is 0.0578. The molecule has 0 aliphatic carbocycles. The summed E-state index contributed by atoms with van der Waals surface area (Å²) in [5.74, 6) is -2.01. The smallest absolute Gasteiger partial charge is 0.238 e. The summed E-state index contributed by atoms with van der Waals surface area (Å²) in [5, 5.41) is 16.5. The van der Waals surface area contributed by atoms with E-state index in [1.165, 1.54) is 0 Å². The van der Waals surface area contributed by atoms with E-state index in [1.54, 1.807) is 6.20 Å². The van der Waals surface area contributed by atoms with Gasteiger partial charge in [-0.15, -0.1) is 0 Å². The molecule has 0 bridgehead atoms. The van der Waals surface area contributed by atoms with Crippen molar-refractivity contribution in [1.29, 1.82) is 0 Å². The van der Waals surface area contributed by atoms with E-state index >= 15 is 0 Å². The Morgan fingerprint density at radius 1 is 1.13 bits per heavy atom. The highest BCUT2D eigenvalue weighted by Crippen LogP contribution is 2.24. The number of fused-ring (bicyclic) bond motifs is 1. The summed E-state index contributed by atoms with van der Waals surface area (Å²) in [5.41, 5.74) is 2.34. The van der Waals surface area contributed by atoms with Crippen molar-refractivity contribution >= 4 is 28.2 Å². The number of benzene rings is 2. The van der Waals surface area contributed by atoms with Crippen LogP contribution in [-0.2, 0) is 11.4 Å². The zero-order valence-corrected chi connectivity index (χ0v) is 16.9. The Morgan fingerprint density at radius 2 is 1.90 bits per heavy atom. The summed E-state index contributed by atoms with van der Waals surface area (Å²) in [7, 11) is 0. The summed E-state index contributed by atoms with van der Waals surface area (Å²) < 4.78 is 26.9. The lowest BCUT2D eigenvalue weighted by Gasteiger charge is -2.32. The minimum Gasteiger partial charge on any atom is -0.392 e. The molecule has 8 heteroatoms. The molecule has 162 valence electrons. The molecule has 1 aliphatic rings. The van der Waals surface area contributed by atoms with Crippen molar-refractivity contribution in [2.45, 2.75) is 25.5 Å². The molecular weight excluding hydrogens is 402 g/mol. The van der Waals surface area contributed by atoms with Gasteiger partial charge in [0.2, 0.25) is 5.91 Å². The van der Waals surface area contributed by atoms with Gasteiger partial charge < -0.3 is 15.7 Å². The monoisotopic (exact) mass is 426 g/mol. The SMILES string of the molecule is O=C(CN1CCC(Nc2cc(F)c(F)cc2CO)CC1)Nc1ccc2ncccc2c1. The Balaban J connectivity index is 1.29. The second kappa shape index (κ2) is 9.36. The molecule has 4 rings (SSSR count). The number of pyridine rings is 1. The fourth-order valence-electron chi connectivity index (χ4n) is 3.87. The van der Waals surface area contributed by atoms with Crippen LogP contribution in [0.1, 0.15) is 18.4 Å². The van der Waals surface area contributed by atoms with Gasteiger partial charge in [0.25, 0.3) is 0 Å². The lowest BCUT2D eigenvalue weighted by molar-refractivity contribution is -0.117. The molecule has 31 heavy (non-hydrogen) atoms. The van der Waals surface area contributed by atoms with E-state index in [4.69, 9.17) is 0 Å². The van der Waals surface area contributed by atoms with Crippen LogP contribution in [0.4, 0.5) is 20.2 Å². The van der Waals surface area contributed by atoms with Crippen molar-refractivity contribution in [3.8, 4) is 0 Å². The molecule has 6 nitrogen and oxygen atoms in total. The molecule has 3 aromatic rings. The number of aliphatic hydroxyl groups is 1. The van der Waals surface area contributed by atoms with E-state index in [2.05, 4.69) is 20.5 Å². The summed E-state index contributed by atoms with van der Waals surface area (Å²) in [6.45, 7) is 1.31. The van der Waals surface area contributed by atoms with Crippen LogP contribution in [0.3, 0.4) is 0 Å². The fourth-order valence-corrected chi connectivity index (χ4v) is 3.87. The molecule has 0 unspecified atom stereocenters. The van der Waals surface area contributed by atoms with E-state index in [-0.39, 0.29) is 25.1 Å². The zero-order chi connectivity index (χ0) is 21.8. The number of rotatable bonds is 6. The van der Waals surface area contributed by atoms with Crippen molar-refractivity contribution < 1.29 is 18.7 Å². The van der Waals surface area contributed by atoms with Gasteiger partial charge in [-0.2, -0.15) is 0 Å². The van der Waals surface area contributed by atoms with Gasteiger partial charge in [0.05, 0.1) is 18.7 Å². The Kier molecular flexibility index (Phi) is 6.39. The number of nitrogens with zero attached hydrogens (tertiary/aromatic N) is 2. The third kappa shape index (κ3) is 5.15. The average molecular weight is 426 g/mol. The number of hydrogen-bond acceptors (Lipinski definition) is 5. The Bertz CT molecular complexity index is 1080. The van der Waals surface area contributed by atoms with Crippen LogP contribution in [0, 0.1) is 11.6 Å². The van der Waals surface area contributed by atoms with Crippen molar-refractivity contribution in [2.75, 3.05) is 30.3 Å². The molecule has 3 N–H and O–H groups in total. The summed E-state index contributed by atoms with van der Waals surface area (Å²) in [6, 6.07) is 11.6. The van der Waals surface area contributed by atoms with Crippen LogP contribution in [0.2, 0.25) is 0 Å². The van der Waals surface area contributed by atoms with E-state index < -0.39 is 11.6 Å². The average Bonchev–Trinajstić information content (AvgIpc) is 2.77. The van der Waals surface area contributed by atoms with E-state index in [9.17, 15) is 18.7 Å². The van der Waals surface area contributed by atoms with E-state index in [0.717, 1.165) is 41.6 Å². The first kappa shape index (κ1) is 21.1. The van der Waals surface area contributed by atoms with Gasteiger partial charge in [-0.3, -0.25) is 14.7 Å². The zero-order valence-electron chi connectivity index (χ0n) is 16.9. The molecule has 0 atom stereocenters. The third-order valence-electron chi connectivity index (χ3n) is 5.52. The molecule has 2 aromatic carbocycles. The first-order valence-electron chi connectivity index (χ1n) is 10.2. The van der Waals surface area contributed by atoms with Crippen LogP contribution in [0.15, 0.2) is 48.7 Å². The molecule has 0 saturated carbocycles. The normalized spacial score (nSPS) is 15.2. The molecule has 0 spiro atoms. The van der Waals surface area contributed by atoms with Gasteiger partial charge in [0.1, 0.15) is 0 Å². The predicted octanol–water partition coefficient (Wildman–Crippen LogP) is 3.52. The van der Waals surface area contributed by atoms with Gasteiger partial charge in [-0.05, 0) is 43.2 Å². The number of piperidine rings is 1. The van der Waals surface area contributed by atoms with Crippen LogP contribution in [0.25, 0.3) is 10.9 Å². The predicted molar refractivity (Wildman–Crippen MR) is 116 cm³/mol. The number of hydrogen-bond donors (Lipinski definition) is 3. The molecule has 1 aromatic heterocycles. The van der Waals surface area contributed by atoms with Crippen LogP contribution < -0.4 is 10.6 Å². The standard InChI is InChI=1S/C23H24F2N4O2/c24-19-11-16(14-30)22(12-20(19)25)27-17-5-8-29(9-6-17)13-23(31)28-18-3-4-21-15(10-18)2-1-7-26-21/h1-4,7,10-12,17,27,30H,5-6,8-9,13-14H2,(H,28,31). The number of amides is 1. The molecule has 1 amide bonds. The van der Waals surface area contributed by atoms with Crippen molar-refractivity contribution in [3.63, 3.8) is 0 Å². The number of carbonyl (C=O) groups excluding carboxylic acids is 1. The molecular formula is C23H24F2N4O2. The number of nitrogens with one attached hydrogen (secondary N) is 2. The van der Waals surface area contributed by atoms with Crippen LogP contribution >= 0.6 is 0 Å². The highest BCUT2D eigenvalue weighted by Gasteiger charge is 2.22. The Morgan fingerprint density at radius 3 is 2.68 bits per heavy atom. The van der Waals surface area contributed by atoms with E-state index in [1.807, 2.05) is 30.3 Å². The van der Waals surface area contributed by atoms with E-state index in [0.29, 0.717) is 24.3 Å². The topological polar surface area (TPSA) is 77.5 Å². The molecule has 1 saturated heterocycles. The minimum atomic E-state index is -0.974. The first-order chi connectivity index (χ1) is 15.0. The maximum absolute atomic E-state index is 13.6. The second-order valence-electron chi connectivity index (χ2n) is 7.74. The summed E-state index contributed by atoms with van der Waals surface area (Å²) >= 11 is 0. The van der Waals surface area contributed by atoms with Crippen molar-refractivity contribution in [1.82, 2.24) is 9.88 Å². The largest absolute Gasteiger partial charge is 0.392 e. The number of likely N-dealkylation sites (tertiary alicyclic amines) is 1. The van der Waals surface area contributed by atoms with Gasteiger partial charge in [-0.25, -0.2) is 8.78 Å². The highest BCUT2D eigenvalue weighted by atomic mass is 19.2. The van der Waals surface area contributed by atoms with Gasteiger partial charge in [0.15, 0.2) is 11.6 Å². The highest BCUT2D eigenvalue weighted by molar-refractivity contribution is 5.94. The van der Waals surface area contributed by atoms with Gasteiger partial charge in [0, 0.05) is 53.7 Å². The number of halogens is 2. The number of anilines is 2. The molecule has 0 radical (unpaired) electrons. The Labute approximate surface area is 178 Å². The second-order valence-corrected chi connectivity index (χ2v) is 7.74. The van der Waals surface area contributed by atoms with Crippen LogP contribution in [-0.4, -0.2) is 46.6 Å². The van der Waals surface area contributed by atoms with Crippen LogP contribution in [0.5, 0.6) is 0 Å². The van der Waals surface area contributed by atoms with Crippen molar-refractivity contribution in [3.05, 3.63) is 65.9 Å². The summed E-state index contributed by atoms with van der Waals surface area (Å²) in [4.78, 5) is 18.8. The number of carbonyl (C=O) groups is 1. The lowest BCUT2D eigenvalue weighted by Crippen LogP contribution is -2.42. The van der Waals surface area contributed by atoms with Gasteiger partial charge >= 0.3 is 0 Å². The quantitative estimate of drug-likeness (QED) is 0.562.